The van der Waals surface area contributed by atoms with Gasteiger partial charge < -0.3 is 20.0 Å². The maximum atomic E-state index is 12.1. The number of amides is 2. The number of nitrogens with one attached hydrogen (secondary N) is 1. The molecule has 3 N–H and O–H groups in total. The van der Waals surface area contributed by atoms with Crippen LogP contribution in [0.1, 0.15) is 44.9 Å². The molecule has 2 fully saturated rings. The molecule has 1 aliphatic heterocycles. The third-order valence-electron chi connectivity index (χ3n) is 7.26. The van der Waals surface area contributed by atoms with E-state index in [4.69, 9.17) is 10.2 Å². The van der Waals surface area contributed by atoms with Crippen molar-refractivity contribution in [1.82, 2.24) is 9.80 Å². The number of carbonyl (C=O) groups excluding carboxylic acids is 1. The number of fused-ring (bicyclic) bond motifs is 1. The summed E-state index contributed by atoms with van der Waals surface area (Å²) in [5.74, 6) is 1.19. The fraction of sp³-hybridized carbons (Fsp3) is 0.483. The molecular formula is C29H39N3O5. The summed E-state index contributed by atoms with van der Waals surface area (Å²) in [4.78, 5) is 37.3. The summed E-state index contributed by atoms with van der Waals surface area (Å²) in [7, 11) is 1.82. The summed E-state index contributed by atoms with van der Waals surface area (Å²) in [5, 5.41) is 19.7. The molecule has 0 radical (unpaired) electrons. The van der Waals surface area contributed by atoms with Crippen LogP contribution in [0.25, 0.3) is 11.1 Å². The van der Waals surface area contributed by atoms with Gasteiger partial charge in [-0.1, -0.05) is 55.0 Å². The first-order valence-corrected chi connectivity index (χ1v) is 13.2. The highest BCUT2D eigenvalue weighted by atomic mass is 16.4. The van der Waals surface area contributed by atoms with Gasteiger partial charge in [0.25, 0.3) is 0 Å². The number of anilines is 1. The van der Waals surface area contributed by atoms with Crippen LogP contribution in [-0.4, -0.2) is 71.2 Å². The minimum absolute atomic E-state index is 0.183. The maximum Gasteiger partial charge on any atom is 0.409 e. The van der Waals surface area contributed by atoms with E-state index in [9.17, 15) is 14.4 Å². The third kappa shape index (κ3) is 9.21. The van der Waals surface area contributed by atoms with Gasteiger partial charge >= 0.3 is 12.1 Å². The monoisotopic (exact) mass is 509 g/mol. The lowest BCUT2D eigenvalue weighted by Crippen LogP contribution is -2.32. The fourth-order valence-electron chi connectivity index (χ4n) is 5.29. The maximum absolute atomic E-state index is 12.1. The molecule has 2 amide bonds. The lowest BCUT2D eigenvalue weighted by molar-refractivity contribution is -0.137. The SMILES string of the molecule is CN(CCCCC(=O)O)C(=O)CCN1CC2CCCC2C1.O=C(O)Nc1ccccc1-c1ccccc1. The minimum atomic E-state index is -1.05. The average Bonchev–Trinajstić information content (AvgIpc) is 3.48. The molecule has 0 aromatic heterocycles. The van der Waals surface area contributed by atoms with E-state index in [1.165, 1.54) is 32.4 Å². The van der Waals surface area contributed by atoms with E-state index in [-0.39, 0.29) is 12.3 Å². The minimum Gasteiger partial charge on any atom is -0.481 e. The number of rotatable bonds is 10. The first-order chi connectivity index (χ1) is 17.8. The highest BCUT2D eigenvalue weighted by molar-refractivity contribution is 5.90. The topological polar surface area (TPSA) is 110 Å². The largest absolute Gasteiger partial charge is 0.481 e. The van der Waals surface area contributed by atoms with Gasteiger partial charge in [0.15, 0.2) is 0 Å². The van der Waals surface area contributed by atoms with Crippen LogP contribution in [0.5, 0.6) is 0 Å². The smallest absolute Gasteiger partial charge is 0.409 e. The van der Waals surface area contributed by atoms with E-state index < -0.39 is 12.1 Å². The van der Waals surface area contributed by atoms with Crippen LogP contribution >= 0.6 is 0 Å². The van der Waals surface area contributed by atoms with Crippen LogP contribution in [0.2, 0.25) is 0 Å². The summed E-state index contributed by atoms with van der Waals surface area (Å²) in [5.41, 5.74) is 2.47. The van der Waals surface area contributed by atoms with Crippen molar-refractivity contribution in [3.8, 4) is 11.1 Å². The van der Waals surface area contributed by atoms with E-state index in [1.54, 1.807) is 17.0 Å². The number of aliphatic carboxylic acids is 1. The average molecular weight is 510 g/mol. The standard InChI is InChI=1S/C16H28N2O3.C13H11NO2/c1-17(9-3-2-7-16(20)21)15(19)8-10-18-11-13-5-4-6-14(13)12-18;15-13(16)14-12-9-5-4-8-11(12)10-6-2-1-3-7-10/h13-14H,2-12H2,1H3,(H,20,21);1-9,14H,(H,15,16). The zero-order valence-electron chi connectivity index (χ0n) is 21.6. The molecule has 4 rings (SSSR count). The highest BCUT2D eigenvalue weighted by Crippen LogP contribution is 2.37. The number of para-hydroxylation sites is 1. The number of benzene rings is 2. The van der Waals surface area contributed by atoms with Crippen molar-refractivity contribution in [2.45, 2.75) is 44.9 Å². The van der Waals surface area contributed by atoms with E-state index >= 15 is 0 Å². The lowest BCUT2D eigenvalue weighted by Gasteiger charge is -2.20. The van der Waals surface area contributed by atoms with Gasteiger partial charge in [-0.15, -0.1) is 0 Å². The summed E-state index contributed by atoms with van der Waals surface area (Å²) in [6.07, 6.45) is 5.28. The summed E-state index contributed by atoms with van der Waals surface area (Å²) in [6, 6.07) is 17.0. The second kappa shape index (κ2) is 14.4. The Kier molecular flexibility index (Phi) is 11.0. The number of likely N-dealkylation sites (tertiary alicyclic amines) is 1. The van der Waals surface area contributed by atoms with Gasteiger partial charge in [-0.2, -0.15) is 0 Å². The van der Waals surface area contributed by atoms with Gasteiger partial charge in [0.1, 0.15) is 0 Å². The Bertz CT molecular complexity index is 1020. The van der Waals surface area contributed by atoms with Crippen molar-refractivity contribution in [1.29, 1.82) is 0 Å². The molecule has 0 bridgehead atoms. The molecular weight excluding hydrogens is 470 g/mol. The first-order valence-electron chi connectivity index (χ1n) is 13.2. The van der Waals surface area contributed by atoms with E-state index in [0.717, 1.165) is 35.9 Å². The number of carboxylic acid groups (broad SMARTS) is 2. The van der Waals surface area contributed by atoms with Crippen LogP contribution in [0, 0.1) is 11.8 Å². The van der Waals surface area contributed by atoms with Crippen molar-refractivity contribution >= 4 is 23.7 Å². The van der Waals surface area contributed by atoms with E-state index in [1.807, 2.05) is 49.5 Å². The number of carbonyl (C=O) groups is 3. The number of hydrogen-bond donors (Lipinski definition) is 3. The van der Waals surface area contributed by atoms with Gasteiger partial charge in [-0.25, -0.2) is 4.79 Å². The van der Waals surface area contributed by atoms with Gasteiger partial charge in [-0.05, 0) is 49.1 Å². The molecule has 2 aromatic rings. The predicted molar refractivity (Wildman–Crippen MR) is 145 cm³/mol. The number of carboxylic acids is 1. The Morgan fingerprint density at radius 3 is 2.22 bits per heavy atom. The molecule has 0 spiro atoms. The van der Waals surface area contributed by atoms with Crippen molar-refractivity contribution < 1.29 is 24.6 Å². The third-order valence-corrected chi connectivity index (χ3v) is 7.26. The predicted octanol–water partition coefficient (Wildman–Crippen LogP) is 5.27. The molecule has 1 heterocycles. The second-order valence-electron chi connectivity index (χ2n) is 9.97. The molecule has 2 aliphatic rings. The zero-order valence-corrected chi connectivity index (χ0v) is 21.6. The molecule has 2 aromatic carbocycles. The second-order valence-corrected chi connectivity index (χ2v) is 9.97. The highest BCUT2D eigenvalue weighted by Gasteiger charge is 2.35. The van der Waals surface area contributed by atoms with Crippen LogP contribution < -0.4 is 5.32 Å². The van der Waals surface area contributed by atoms with Crippen LogP contribution in [0.15, 0.2) is 54.6 Å². The van der Waals surface area contributed by atoms with Gasteiger partial charge in [0.2, 0.25) is 5.91 Å². The van der Waals surface area contributed by atoms with Crippen molar-refractivity contribution in [3.63, 3.8) is 0 Å². The normalized spacial score (nSPS) is 18.4. The Labute approximate surface area is 219 Å². The molecule has 1 saturated heterocycles. The lowest BCUT2D eigenvalue weighted by atomic mass is 10.0. The Hall–Kier alpha value is -3.39. The molecule has 1 saturated carbocycles. The number of unbranched alkanes of at least 4 members (excludes halogenated alkanes) is 1. The molecule has 8 nitrogen and oxygen atoms in total. The Morgan fingerprint density at radius 2 is 1.57 bits per heavy atom. The van der Waals surface area contributed by atoms with E-state index in [0.29, 0.717) is 25.1 Å². The van der Waals surface area contributed by atoms with Crippen LogP contribution in [0.3, 0.4) is 0 Å². The molecule has 8 heteroatoms. The molecule has 2 atom stereocenters. The summed E-state index contributed by atoms with van der Waals surface area (Å²) >= 11 is 0. The number of hydrogen-bond acceptors (Lipinski definition) is 4. The molecule has 1 aliphatic carbocycles. The van der Waals surface area contributed by atoms with E-state index in [2.05, 4.69) is 10.2 Å². The van der Waals surface area contributed by atoms with Crippen molar-refractivity contribution in [2.75, 3.05) is 38.5 Å². The van der Waals surface area contributed by atoms with Gasteiger partial charge in [0, 0.05) is 51.6 Å². The number of nitrogens with zero attached hydrogens (tertiary/aromatic N) is 2. The van der Waals surface area contributed by atoms with Gasteiger partial charge in [0.05, 0.1) is 5.69 Å². The fourth-order valence-corrected chi connectivity index (χ4v) is 5.29. The van der Waals surface area contributed by atoms with Crippen molar-refractivity contribution in [2.24, 2.45) is 11.8 Å². The summed E-state index contributed by atoms with van der Waals surface area (Å²) < 4.78 is 0. The Balaban J connectivity index is 0.000000213. The first kappa shape index (κ1) is 28.2. The van der Waals surface area contributed by atoms with Crippen LogP contribution in [-0.2, 0) is 9.59 Å². The molecule has 200 valence electrons. The summed E-state index contributed by atoms with van der Waals surface area (Å²) in [6.45, 7) is 3.91. The zero-order chi connectivity index (χ0) is 26.6. The van der Waals surface area contributed by atoms with Gasteiger partial charge in [-0.3, -0.25) is 14.9 Å². The van der Waals surface area contributed by atoms with Crippen LogP contribution in [0.4, 0.5) is 10.5 Å². The van der Waals surface area contributed by atoms with Crippen molar-refractivity contribution in [3.05, 3.63) is 54.6 Å². The molecule has 37 heavy (non-hydrogen) atoms. The quantitative estimate of drug-likeness (QED) is 0.377. The Morgan fingerprint density at radius 1 is 0.919 bits per heavy atom. The molecule has 2 unspecified atom stereocenters.